The summed E-state index contributed by atoms with van der Waals surface area (Å²) in [6.45, 7) is 6.48. The molecule has 0 aliphatic carbocycles. The highest BCUT2D eigenvalue weighted by Gasteiger charge is 2.14. The molecule has 2 nitrogen and oxygen atoms in total. The van der Waals surface area contributed by atoms with Gasteiger partial charge in [0.15, 0.2) is 0 Å². The van der Waals surface area contributed by atoms with Crippen molar-refractivity contribution in [3.05, 3.63) is 33.8 Å². The van der Waals surface area contributed by atoms with Gasteiger partial charge >= 0.3 is 0 Å². The van der Waals surface area contributed by atoms with Crippen molar-refractivity contribution < 1.29 is 4.79 Å². The van der Waals surface area contributed by atoms with Gasteiger partial charge < -0.3 is 5.32 Å². The summed E-state index contributed by atoms with van der Waals surface area (Å²) in [5.41, 5.74) is 1.63. The van der Waals surface area contributed by atoms with Crippen LogP contribution in [0.2, 0.25) is 0 Å². The van der Waals surface area contributed by atoms with Gasteiger partial charge in [0, 0.05) is 16.6 Å². The maximum atomic E-state index is 12.0. The number of alkyl halides is 1. The summed E-state index contributed by atoms with van der Waals surface area (Å²) < 4.78 is 0.941. The van der Waals surface area contributed by atoms with Crippen molar-refractivity contribution in [1.82, 2.24) is 5.32 Å². The van der Waals surface area contributed by atoms with Crippen LogP contribution in [0.4, 0.5) is 0 Å². The van der Waals surface area contributed by atoms with Crippen molar-refractivity contribution in [2.75, 3.05) is 6.54 Å². The van der Waals surface area contributed by atoms with E-state index in [9.17, 15) is 4.79 Å². The highest BCUT2D eigenvalue weighted by atomic mass is 79.9. The lowest BCUT2D eigenvalue weighted by Gasteiger charge is -2.15. The third-order valence-corrected chi connectivity index (χ3v) is 4.21. The second kappa shape index (κ2) is 6.41. The third-order valence-electron chi connectivity index (χ3n) is 2.69. The smallest absolute Gasteiger partial charge is 0.251 e. The van der Waals surface area contributed by atoms with Gasteiger partial charge in [-0.1, -0.05) is 35.8 Å². The fraction of sp³-hybridized carbons (Fsp3) is 0.462. The summed E-state index contributed by atoms with van der Waals surface area (Å²) in [5, 5.41) is 2.82. The van der Waals surface area contributed by atoms with Crippen LogP contribution >= 0.6 is 27.5 Å². The topological polar surface area (TPSA) is 29.1 Å². The first-order chi connectivity index (χ1) is 7.93. The van der Waals surface area contributed by atoms with Crippen molar-refractivity contribution in [1.29, 1.82) is 0 Å². The van der Waals surface area contributed by atoms with Gasteiger partial charge in [0.2, 0.25) is 0 Å². The number of carbonyl (C=O) groups excluding carboxylic acids is 1. The standard InChI is InChI=1S/C13H17BrClNO/c1-8(2)12(15)7-16-13(17)10-5-4-6-11(14)9(10)3/h4-6,8,12H,7H2,1-3H3,(H,16,17). The molecule has 0 fully saturated rings. The Morgan fingerprint density at radius 2 is 2.12 bits per heavy atom. The molecule has 0 heterocycles. The zero-order valence-electron chi connectivity index (χ0n) is 10.3. The number of hydrogen-bond acceptors (Lipinski definition) is 1. The predicted octanol–water partition coefficient (Wildman–Crippen LogP) is 3.75. The van der Waals surface area contributed by atoms with Crippen LogP contribution in [-0.2, 0) is 0 Å². The van der Waals surface area contributed by atoms with E-state index in [4.69, 9.17) is 11.6 Å². The number of rotatable bonds is 4. The number of halogens is 2. The zero-order chi connectivity index (χ0) is 13.0. The molecule has 0 bridgehead atoms. The predicted molar refractivity (Wildman–Crippen MR) is 75.7 cm³/mol. The van der Waals surface area contributed by atoms with Crippen LogP contribution in [0.5, 0.6) is 0 Å². The van der Waals surface area contributed by atoms with Crippen molar-refractivity contribution in [3.8, 4) is 0 Å². The van der Waals surface area contributed by atoms with Crippen LogP contribution in [0.1, 0.15) is 29.8 Å². The molecular formula is C13H17BrClNO. The lowest BCUT2D eigenvalue weighted by molar-refractivity contribution is 0.0951. The molecule has 4 heteroatoms. The largest absolute Gasteiger partial charge is 0.351 e. The first-order valence-corrected chi connectivity index (χ1v) is 6.83. The summed E-state index contributed by atoms with van der Waals surface area (Å²) >= 11 is 9.51. The van der Waals surface area contributed by atoms with Gasteiger partial charge in [-0.05, 0) is 30.5 Å². The molecule has 0 aromatic heterocycles. The minimum absolute atomic E-state index is 0.0357. The van der Waals surface area contributed by atoms with Gasteiger partial charge in [0.25, 0.3) is 5.91 Å². The quantitative estimate of drug-likeness (QED) is 0.842. The Morgan fingerprint density at radius 1 is 1.47 bits per heavy atom. The minimum Gasteiger partial charge on any atom is -0.351 e. The molecule has 1 atom stereocenters. The molecular weight excluding hydrogens is 302 g/mol. The highest BCUT2D eigenvalue weighted by molar-refractivity contribution is 9.10. The Hall–Kier alpha value is -0.540. The van der Waals surface area contributed by atoms with E-state index >= 15 is 0 Å². The Kier molecular flexibility index (Phi) is 5.47. The Balaban J connectivity index is 2.68. The third kappa shape index (κ3) is 4.00. The summed E-state index contributed by atoms with van der Waals surface area (Å²) in [4.78, 5) is 12.0. The molecule has 94 valence electrons. The van der Waals surface area contributed by atoms with Crippen LogP contribution in [0.3, 0.4) is 0 Å². The number of carbonyl (C=O) groups is 1. The van der Waals surface area contributed by atoms with E-state index in [1.54, 1.807) is 0 Å². The van der Waals surface area contributed by atoms with Gasteiger partial charge in [-0.2, -0.15) is 0 Å². The first kappa shape index (κ1) is 14.5. The number of benzene rings is 1. The van der Waals surface area contributed by atoms with E-state index in [-0.39, 0.29) is 11.3 Å². The van der Waals surface area contributed by atoms with Gasteiger partial charge in [0.05, 0.1) is 5.38 Å². The molecule has 17 heavy (non-hydrogen) atoms. The fourth-order valence-electron chi connectivity index (χ4n) is 1.37. The Bertz CT molecular complexity index is 406. The second-order valence-corrected chi connectivity index (χ2v) is 5.80. The normalized spacial score (nSPS) is 12.6. The van der Waals surface area contributed by atoms with Gasteiger partial charge in [0.1, 0.15) is 0 Å². The van der Waals surface area contributed by atoms with Crippen molar-refractivity contribution >= 4 is 33.4 Å². The van der Waals surface area contributed by atoms with E-state index in [2.05, 4.69) is 21.2 Å². The number of nitrogens with one attached hydrogen (secondary N) is 1. The van der Waals surface area contributed by atoms with Crippen LogP contribution < -0.4 is 5.32 Å². The molecule has 0 radical (unpaired) electrons. The second-order valence-electron chi connectivity index (χ2n) is 4.38. The average Bonchev–Trinajstić information content (AvgIpc) is 2.29. The fourth-order valence-corrected chi connectivity index (χ4v) is 1.82. The Labute approximate surface area is 116 Å². The molecule has 1 amide bonds. The van der Waals surface area contributed by atoms with Crippen LogP contribution in [0, 0.1) is 12.8 Å². The molecule has 1 unspecified atom stereocenters. The molecule has 0 aliphatic heterocycles. The van der Waals surface area contributed by atoms with Crippen molar-refractivity contribution in [2.24, 2.45) is 5.92 Å². The molecule has 0 saturated heterocycles. The SMILES string of the molecule is Cc1c(Br)cccc1C(=O)NCC(Cl)C(C)C. The Morgan fingerprint density at radius 3 is 2.71 bits per heavy atom. The first-order valence-electron chi connectivity index (χ1n) is 5.61. The van der Waals surface area contributed by atoms with E-state index in [1.165, 1.54) is 0 Å². The average molecular weight is 319 g/mol. The maximum absolute atomic E-state index is 12.0. The van der Waals surface area contributed by atoms with E-state index in [0.717, 1.165) is 10.0 Å². The maximum Gasteiger partial charge on any atom is 0.251 e. The minimum atomic E-state index is -0.0740. The summed E-state index contributed by atoms with van der Waals surface area (Å²) in [6.07, 6.45) is 0. The molecule has 1 aromatic carbocycles. The molecule has 1 aromatic rings. The van der Waals surface area contributed by atoms with E-state index < -0.39 is 0 Å². The molecule has 1 N–H and O–H groups in total. The van der Waals surface area contributed by atoms with Crippen LogP contribution in [0.15, 0.2) is 22.7 Å². The van der Waals surface area contributed by atoms with Gasteiger partial charge in [-0.25, -0.2) is 0 Å². The van der Waals surface area contributed by atoms with Crippen LogP contribution in [-0.4, -0.2) is 17.8 Å². The van der Waals surface area contributed by atoms with Crippen molar-refractivity contribution in [2.45, 2.75) is 26.1 Å². The zero-order valence-corrected chi connectivity index (χ0v) is 12.6. The van der Waals surface area contributed by atoms with E-state index in [0.29, 0.717) is 18.0 Å². The van der Waals surface area contributed by atoms with Gasteiger partial charge in [-0.3, -0.25) is 4.79 Å². The summed E-state index contributed by atoms with van der Waals surface area (Å²) in [6, 6.07) is 5.59. The summed E-state index contributed by atoms with van der Waals surface area (Å²) in [5.74, 6) is 0.274. The molecule has 0 aliphatic rings. The van der Waals surface area contributed by atoms with E-state index in [1.807, 2.05) is 39.0 Å². The lowest BCUT2D eigenvalue weighted by Crippen LogP contribution is -2.32. The van der Waals surface area contributed by atoms with Gasteiger partial charge in [-0.15, -0.1) is 11.6 Å². The highest BCUT2D eigenvalue weighted by Crippen LogP contribution is 2.19. The number of hydrogen-bond donors (Lipinski definition) is 1. The molecule has 0 saturated carbocycles. The van der Waals surface area contributed by atoms with Crippen molar-refractivity contribution in [3.63, 3.8) is 0 Å². The molecule has 1 rings (SSSR count). The lowest BCUT2D eigenvalue weighted by atomic mass is 10.1. The monoisotopic (exact) mass is 317 g/mol. The van der Waals surface area contributed by atoms with Crippen LogP contribution in [0.25, 0.3) is 0 Å². The summed E-state index contributed by atoms with van der Waals surface area (Å²) in [7, 11) is 0. The number of amides is 1. The molecule has 0 spiro atoms.